The molecule has 1 atom stereocenters. The molecule has 0 bridgehead atoms. The molecule has 28 heavy (non-hydrogen) atoms. The molecule has 1 saturated heterocycles. The summed E-state index contributed by atoms with van der Waals surface area (Å²) in [6.45, 7) is 11.6. The molecule has 0 saturated carbocycles. The van der Waals surface area contributed by atoms with Gasteiger partial charge in [-0.05, 0) is 44.5 Å². The first kappa shape index (κ1) is 20.5. The van der Waals surface area contributed by atoms with Gasteiger partial charge in [-0.2, -0.15) is 10.2 Å². The van der Waals surface area contributed by atoms with E-state index in [2.05, 4.69) is 46.3 Å². The fraction of sp³-hybridized carbons (Fsp3) is 0.619. The monoisotopic (exact) mass is 384 g/mol. The largest absolute Gasteiger partial charge is 0.367 e. The fourth-order valence-electron chi connectivity index (χ4n) is 3.53. The average molecular weight is 385 g/mol. The lowest BCUT2D eigenvalue weighted by Crippen LogP contribution is -2.45. The van der Waals surface area contributed by atoms with Gasteiger partial charge in [0.1, 0.15) is 5.82 Å². The van der Waals surface area contributed by atoms with E-state index in [0.717, 1.165) is 43.3 Å². The lowest BCUT2D eigenvalue weighted by Gasteiger charge is -2.36. The Hall–Kier alpha value is -2.28. The summed E-state index contributed by atoms with van der Waals surface area (Å²) < 4.78 is 1.62. The number of hydrogen-bond donors (Lipinski definition) is 1. The zero-order valence-corrected chi connectivity index (χ0v) is 17.5. The number of anilines is 1. The van der Waals surface area contributed by atoms with E-state index in [9.17, 15) is 4.79 Å². The van der Waals surface area contributed by atoms with E-state index >= 15 is 0 Å². The third-order valence-electron chi connectivity index (χ3n) is 5.30. The van der Waals surface area contributed by atoms with Crippen LogP contribution in [-0.2, 0) is 12.0 Å². The van der Waals surface area contributed by atoms with Gasteiger partial charge in [-0.1, -0.05) is 27.2 Å². The van der Waals surface area contributed by atoms with Crippen molar-refractivity contribution in [3.8, 4) is 0 Å². The number of piperidine rings is 1. The van der Waals surface area contributed by atoms with E-state index in [-0.39, 0.29) is 11.0 Å². The molecular formula is C21H32N6O. The minimum Gasteiger partial charge on any atom is -0.367 e. The summed E-state index contributed by atoms with van der Waals surface area (Å²) >= 11 is 0. The number of nitrogens with one attached hydrogen (secondary N) is 1. The molecule has 1 fully saturated rings. The van der Waals surface area contributed by atoms with E-state index in [4.69, 9.17) is 0 Å². The van der Waals surface area contributed by atoms with Crippen molar-refractivity contribution in [3.05, 3.63) is 46.0 Å². The molecule has 7 heteroatoms. The summed E-state index contributed by atoms with van der Waals surface area (Å²) in [4.78, 5) is 14.7. The van der Waals surface area contributed by atoms with Crippen LogP contribution in [0.3, 0.4) is 0 Å². The summed E-state index contributed by atoms with van der Waals surface area (Å²) in [6, 6.07) is 7.84. The van der Waals surface area contributed by atoms with Gasteiger partial charge in [0.2, 0.25) is 0 Å². The molecule has 0 amide bonds. The first-order valence-electron chi connectivity index (χ1n) is 10.2. The number of aromatic nitrogens is 4. The van der Waals surface area contributed by atoms with Crippen LogP contribution in [0, 0.1) is 6.92 Å². The molecule has 1 N–H and O–H groups in total. The average Bonchev–Trinajstić information content (AvgIpc) is 2.66. The molecule has 3 heterocycles. The van der Waals surface area contributed by atoms with E-state index in [1.54, 1.807) is 10.7 Å². The maximum Gasteiger partial charge on any atom is 0.266 e. The van der Waals surface area contributed by atoms with Gasteiger partial charge >= 0.3 is 0 Å². The van der Waals surface area contributed by atoms with Crippen molar-refractivity contribution >= 4 is 5.82 Å². The number of aryl methyl sites for hydroxylation is 1. The molecule has 7 nitrogen and oxygen atoms in total. The molecule has 1 aliphatic heterocycles. The maximum atomic E-state index is 12.2. The highest BCUT2D eigenvalue weighted by molar-refractivity contribution is 5.32. The second-order valence-corrected chi connectivity index (χ2v) is 8.66. The molecule has 152 valence electrons. The highest BCUT2D eigenvalue weighted by Gasteiger charge is 2.23. The molecular weight excluding hydrogens is 352 g/mol. The molecule has 1 aliphatic rings. The Morgan fingerprint density at radius 1 is 1.11 bits per heavy atom. The van der Waals surface area contributed by atoms with Crippen molar-refractivity contribution in [1.29, 1.82) is 0 Å². The van der Waals surface area contributed by atoms with Crippen LogP contribution < -0.4 is 10.9 Å². The van der Waals surface area contributed by atoms with Crippen LogP contribution in [-0.4, -0.2) is 50.6 Å². The Bertz CT molecular complexity index is 824. The van der Waals surface area contributed by atoms with Crippen molar-refractivity contribution in [2.24, 2.45) is 0 Å². The third kappa shape index (κ3) is 5.38. The standard InChI is InChI=1S/C21H32N6O/c1-16-8-10-19(24-23-16)22-15-17-7-5-6-12-26(17)13-14-27-20(28)11-9-18(25-27)21(2,3)4/h8-11,17H,5-7,12-15H2,1-4H3,(H,22,24). The Balaban J connectivity index is 1.62. The minimum atomic E-state index is -0.0674. The molecule has 0 spiro atoms. The molecule has 2 aromatic rings. The van der Waals surface area contributed by atoms with Gasteiger partial charge in [0.15, 0.2) is 0 Å². The molecule has 1 unspecified atom stereocenters. The van der Waals surface area contributed by atoms with Crippen LogP contribution in [0.1, 0.15) is 51.4 Å². The summed E-state index contributed by atoms with van der Waals surface area (Å²) in [6.07, 6.45) is 3.59. The summed E-state index contributed by atoms with van der Waals surface area (Å²) in [5.74, 6) is 0.812. The lowest BCUT2D eigenvalue weighted by atomic mass is 9.92. The van der Waals surface area contributed by atoms with Crippen LogP contribution in [0.25, 0.3) is 0 Å². The Labute approximate surface area is 167 Å². The predicted molar refractivity (Wildman–Crippen MR) is 112 cm³/mol. The van der Waals surface area contributed by atoms with Gasteiger partial charge in [0.25, 0.3) is 5.56 Å². The zero-order valence-electron chi connectivity index (χ0n) is 17.5. The summed E-state index contributed by atoms with van der Waals surface area (Å²) in [7, 11) is 0. The van der Waals surface area contributed by atoms with Gasteiger partial charge in [-0.3, -0.25) is 9.69 Å². The topological polar surface area (TPSA) is 75.9 Å². The van der Waals surface area contributed by atoms with Crippen molar-refractivity contribution in [2.45, 2.75) is 65.0 Å². The first-order chi connectivity index (χ1) is 13.3. The number of nitrogens with zero attached hydrogens (tertiary/aromatic N) is 5. The van der Waals surface area contributed by atoms with Crippen LogP contribution in [0.5, 0.6) is 0 Å². The van der Waals surface area contributed by atoms with Gasteiger partial charge in [-0.25, -0.2) is 4.68 Å². The van der Waals surface area contributed by atoms with Crippen molar-refractivity contribution in [3.63, 3.8) is 0 Å². The van der Waals surface area contributed by atoms with Crippen LogP contribution in [0.4, 0.5) is 5.82 Å². The zero-order chi connectivity index (χ0) is 20.1. The second-order valence-electron chi connectivity index (χ2n) is 8.66. The van der Waals surface area contributed by atoms with Gasteiger partial charge < -0.3 is 5.32 Å². The summed E-state index contributed by atoms with van der Waals surface area (Å²) in [5, 5.41) is 16.3. The van der Waals surface area contributed by atoms with Gasteiger partial charge in [0.05, 0.1) is 17.9 Å². The highest BCUT2D eigenvalue weighted by Crippen LogP contribution is 2.19. The van der Waals surface area contributed by atoms with E-state index in [1.165, 1.54) is 12.8 Å². The normalized spacial score (nSPS) is 18.2. The van der Waals surface area contributed by atoms with Crippen LogP contribution >= 0.6 is 0 Å². The van der Waals surface area contributed by atoms with Crippen molar-refractivity contribution < 1.29 is 0 Å². The predicted octanol–water partition coefficient (Wildman–Crippen LogP) is 2.61. The molecule has 0 aromatic carbocycles. The summed E-state index contributed by atoms with van der Waals surface area (Å²) in [5.41, 5.74) is 1.76. The van der Waals surface area contributed by atoms with Gasteiger partial charge in [-0.15, -0.1) is 5.10 Å². The third-order valence-corrected chi connectivity index (χ3v) is 5.30. The van der Waals surface area contributed by atoms with Gasteiger partial charge in [0, 0.05) is 30.6 Å². The molecule has 2 aromatic heterocycles. The lowest BCUT2D eigenvalue weighted by molar-refractivity contribution is 0.147. The smallest absolute Gasteiger partial charge is 0.266 e. The minimum absolute atomic E-state index is 0.0328. The van der Waals surface area contributed by atoms with E-state index < -0.39 is 0 Å². The SMILES string of the molecule is Cc1ccc(NCC2CCCCN2CCn2nc(C(C)(C)C)ccc2=O)nn1. The second kappa shape index (κ2) is 8.82. The Morgan fingerprint density at radius 3 is 2.64 bits per heavy atom. The maximum absolute atomic E-state index is 12.2. The molecule has 0 radical (unpaired) electrons. The number of rotatable bonds is 6. The van der Waals surface area contributed by atoms with Crippen LogP contribution in [0.2, 0.25) is 0 Å². The number of hydrogen-bond acceptors (Lipinski definition) is 6. The van der Waals surface area contributed by atoms with E-state index in [0.29, 0.717) is 12.6 Å². The van der Waals surface area contributed by atoms with Crippen molar-refractivity contribution in [2.75, 3.05) is 25.0 Å². The first-order valence-corrected chi connectivity index (χ1v) is 10.2. The highest BCUT2D eigenvalue weighted by atomic mass is 16.1. The Kier molecular flexibility index (Phi) is 6.44. The Morgan fingerprint density at radius 2 is 1.93 bits per heavy atom. The van der Waals surface area contributed by atoms with Crippen molar-refractivity contribution in [1.82, 2.24) is 24.9 Å². The fourth-order valence-corrected chi connectivity index (χ4v) is 3.53. The van der Waals surface area contributed by atoms with E-state index in [1.807, 2.05) is 25.1 Å². The number of likely N-dealkylation sites (tertiary alicyclic amines) is 1. The quantitative estimate of drug-likeness (QED) is 0.825. The molecule has 0 aliphatic carbocycles. The van der Waals surface area contributed by atoms with Crippen LogP contribution in [0.15, 0.2) is 29.1 Å². The molecule has 3 rings (SSSR count).